The fourth-order valence-corrected chi connectivity index (χ4v) is 3.28. The molecule has 0 aliphatic carbocycles. The summed E-state index contributed by atoms with van der Waals surface area (Å²) in [6.07, 6.45) is 4.47. The van der Waals surface area contributed by atoms with Crippen LogP contribution in [0.5, 0.6) is 0 Å². The standard InChI is InChI=1S/C16H33NO2S/c1-14(2)13-20(19)12-8-6-7-9-15(18)17-11-10-16(3,4)5/h14H,6-13H2,1-5H3,(H,17,18). The predicted octanol–water partition coefficient (Wildman–Crippen LogP) is 3.50. The summed E-state index contributed by atoms with van der Waals surface area (Å²) in [5, 5.41) is 2.97. The molecule has 4 heteroatoms. The first-order chi connectivity index (χ1) is 9.20. The quantitative estimate of drug-likeness (QED) is 0.628. The van der Waals surface area contributed by atoms with Crippen molar-refractivity contribution in [1.82, 2.24) is 5.32 Å². The molecule has 0 aromatic heterocycles. The van der Waals surface area contributed by atoms with E-state index in [0.717, 1.165) is 43.7 Å². The Labute approximate surface area is 127 Å². The molecule has 0 saturated heterocycles. The summed E-state index contributed by atoms with van der Waals surface area (Å²) in [4.78, 5) is 11.6. The van der Waals surface area contributed by atoms with Crippen LogP contribution in [-0.4, -0.2) is 28.2 Å². The second-order valence-electron chi connectivity index (χ2n) is 7.18. The lowest BCUT2D eigenvalue weighted by molar-refractivity contribution is -0.121. The summed E-state index contributed by atoms with van der Waals surface area (Å²) in [6, 6.07) is 0. The Morgan fingerprint density at radius 1 is 1.15 bits per heavy atom. The van der Waals surface area contributed by atoms with Crippen LogP contribution in [0.2, 0.25) is 0 Å². The van der Waals surface area contributed by atoms with E-state index in [1.54, 1.807) is 0 Å². The van der Waals surface area contributed by atoms with Gasteiger partial charge in [0.1, 0.15) is 0 Å². The van der Waals surface area contributed by atoms with Gasteiger partial charge in [-0.05, 0) is 30.6 Å². The smallest absolute Gasteiger partial charge is 0.219 e. The molecule has 0 bridgehead atoms. The summed E-state index contributed by atoms with van der Waals surface area (Å²) in [6.45, 7) is 11.5. The molecule has 0 saturated carbocycles. The Morgan fingerprint density at radius 3 is 2.35 bits per heavy atom. The van der Waals surface area contributed by atoms with E-state index in [9.17, 15) is 9.00 Å². The molecule has 0 aromatic rings. The molecule has 0 heterocycles. The topological polar surface area (TPSA) is 46.2 Å². The van der Waals surface area contributed by atoms with E-state index < -0.39 is 10.8 Å². The van der Waals surface area contributed by atoms with Crippen LogP contribution in [0.25, 0.3) is 0 Å². The summed E-state index contributed by atoms with van der Waals surface area (Å²) >= 11 is 0. The summed E-state index contributed by atoms with van der Waals surface area (Å²) in [5.41, 5.74) is 0.272. The first kappa shape index (κ1) is 19.6. The van der Waals surface area contributed by atoms with E-state index in [0.29, 0.717) is 12.3 Å². The maximum absolute atomic E-state index is 11.6. The molecular formula is C16H33NO2S. The minimum absolute atomic E-state index is 0.151. The molecule has 0 aliphatic rings. The van der Waals surface area contributed by atoms with Crippen molar-refractivity contribution in [2.45, 2.75) is 66.7 Å². The van der Waals surface area contributed by atoms with Gasteiger partial charge in [-0.3, -0.25) is 9.00 Å². The lowest BCUT2D eigenvalue weighted by Crippen LogP contribution is -2.26. The molecule has 1 amide bonds. The van der Waals surface area contributed by atoms with Crippen LogP contribution < -0.4 is 5.32 Å². The van der Waals surface area contributed by atoms with Gasteiger partial charge in [-0.2, -0.15) is 0 Å². The van der Waals surface area contributed by atoms with Gasteiger partial charge >= 0.3 is 0 Å². The number of carbonyl (C=O) groups excluding carboxylic acids is 1. The maximum atomic E-state index is 11.6. The van der Waals surface area contributed by atoms with Gasteiger partial charge in [0.05, 0.1) is 0 Å². The molecule has 0 spiro atoms. The van der Waals surface area contributed by atoms with E-state index in [4.69, 9.17) is 0 Å². The Balaban J connectivity index is 3.46. The van der Waals surface area contributed by atoms with Gasteiger partial charge in [0.15, 0.2) is 0 Å². The number of carbonyl (C=O) groups is 1. The van der Waals surface area contributed by atoms with Crippen molar-refractivity contribution in [2.75, 3.05) is 18.1 Å². The van der Waals surface area contributed by atoms with Crippen LogP contribution in [0.1, 0.15) is 66.7 Å². The van der Waals surface area contributed by atoms with Gasteiger partial charge in [0, 0.05) is 35.3 Å². The van der Waals surface area contributed by atoms with E-state index in [2.05, 4.69) is 39.9 Å². The number of hydrogen-bond acceptors (Lipinski definition) is 2. The first-order valence-corrected chi connectivity index (χ1v) is 9.31. The van der Waals surface area contributed by atoms with Gasteiger partial charge in [0.25, 0.3) is 0 Å². The van der Waals surface area contributed by atoms with E-state index >= 15 is 0 Å². The predicted molar refractivity (Wildman–Crippen MR) is 88.3 cm³/mol. The van der Waals surface area contributed by atoms with Crippen molar-refractivity contribution in [1.29, 1.82) is 0 Å². The zero-order valence-electron chi connectivity index (χ0n) is 14.0. The molecular weight excluding hydrogens is 270 g/mol. The fraction of sp³-hybridized carbons (Fsp3) is 0.938. The number of hydrogen-bond donors (Lipinski definition) is 1. The van der Waals surface area contributed by atoms with Crippen LogP contribution >= 0.6 is 0 Å². The number of nitrogens with one attached hydrogen (secondary N) is 1. The van der Waals surface area contributed by atoms with Crippen molar-refractivity contribution in [2.24, 2.45) is 11.3 Å². The van der Waals surface area contributed by atoms with Gasteiger partial charge in [0.2, 0.25) is 5.91 Å². The molecule has 120 valence electrons. The maximum Gasteiger partial charge on any atom is 0.219 e. The molecule has 0 radical (unpaired) electrons. The lowest BCUT2D eigenvalue weighted by Gasteiger charge is -2.17. The molecule has 0 fully saturated rings. The Kier molecular flexibility index (Phi) is 10.2. The van der Waals surface area contributed by atoms with Crippen molar-refractivity contribution in [3.8, 4) is 0 Å². The van der Waals surface area contributed by atoms with Gasteiger partial charge in [-0.15, -0.1) is 0 Å². The first-order valence-electron chi connectivity index (χ1n) is 7.82. The molecule has 1 N–H and O–H groups in total. The van der Waals surface area contributed by atoms with Crippen LogP contribution in [0.3, 0.4) is 0 Å². The second-order valence-corrected chi connectivity index (χ2v) is 8.80. The Morgan fingerprint density at radius 2 is 1.80 bits per heavy atom. The minimum atomic E-state index is -0.680. The highest BCUT2D eigenvalue weighted by Crippen LogP contribution is 2.16. The number of unbranched alkanes of at least 4 members (excludes halogenated alkanes) is 2. The highest BCUT2D eigenvalue weighted by molar-refractivity contribution is 7.84. The van der Waals surface area contributed by atoms with Gasteiger partial charge < -0.3 is 5.32 Å². The second kappa shape index (κ2) is 10.4. The lowest BCUT2D eigenvalue weighted by atomic mass is 9.92. The molecule has 1 unspecified atom stereocenters. The van der Waals surface area contributed by atoms with Gasteiger partial charge in [-0.25, -0.2) is 0 Å². The summed E-state index contributed by atoms with van der Waals surface area (Å²) < 4.78 is 11.6. The molecule has 0 rings (SSSR count). The fourth-order valence-electron chi connectivity index (χ4n) is 1.85. The molecule has 0 aromatic carbocycles. The van der Waals surface area contributed by atoms with E-state index in [-0.39, 0.29) is 11.3 Å². The van der Waals surface area contributed by atoms with Crippen LogP contribution in [0, 0.1) is 11.3 Å². The third-order valence-corrected chi connectivity index (χ3v) is 4.77. The zero-order chi connectivity index (χ0) is 15.6. The monoisotopic (exact) mass is 303 g/mol. The van der Waals surface area contributed by atoms with Crippen molar-refractivity contribution in [3.63, 3.8) is 0 Å². The SMILES string of the molecule is CC(C)CS(=O)CCCCCC(=O)NCCC(C)(C)C. The Hall–Kier alpha value is -0.380. The highest BCUT2D eigenvalue weighted by atomic mass is 32.2. The third-order valence-electron chi connectivity index (χ3n) is 2.99. The van der Waals surface area contributed by atoms with Crippen LogP contribution in [0.15, 0.2) is 0 Å². The molecule has 0 aliphatic heterocycles. The van der Waals surface area contributed by atoms with E-state index in [1.165, 1.54) is 0 Å². The average Bonchev–Trinajstić information content (AvgIpc) is 2.25. The Bertz CT molecular complexity index is 295. The minimum Gasteiger partial charge on any atom is -0.356 e. The zero-order valence-corrected chi connectivity index (χ0v) is 14.8. The average molecular weight is 304 g/mol. The van der Waals surface area contributed by atoms with Gasteiger partial charge in [-0.1, -0.05) is 41.0 Å². The molecule has 3 nitrogen and oxygen atoms in total. The van der Waals surface area contributed by atoms with Crippen LogP contribution in [0.4, 0.5) is 0 Å². The highest BCUT2D eigenvalue weighted by Gasteiger charge is 2.10. The molecule has 20 heavy (non-hydrogen) atoms. The number of amides is 1. The van der Waals surface area contributed by atoms with Crippen molar-refractivity contribution >= 4 is 16.7 Å². The summed E-state index contributed by atoms with van der Waals surface area (Å²) in [5.74, 6) is 2.24. The van der Waals surface area contributed by atoms with Crippen molar-refractivity contribution < 1.29 is 9.00 Å². The van der Waals surface area contributed by atoms with Crippen molar-refractivity contribution in [3.05, 3.63) is 0 Å². The third kappa shape index (κ3) is 14.0. The molecule has 1 atom stereocenters. The largest absolute Gasteiger partial charge is 0.356 e. The summed E-state index contributed by atoms with van der Waals surface area (Å²) in [7, 11) is -0.680. The number of rotatable bonds is 10. The normalized spacial score (nSPS) is 13.5. The van der Waals surface area contributed by atoms with Crippen LogP contribution in [-0.2, 0) is 15.6 Å². The van der Waals surface area contributed by atoms with E-state index in [1.807, 2.05) is 0 Å².